The van der Waals surface area contributed by atoms with Crippen LogP contribution in [0.5, 0.6) is 5.75 Å². The molecule has 1 aliphatic heterocycles. The molecule has 1 aliphatic rings. The molecule has 0 saturated carbocycles. The fourth-order valence-electron chi connectivity index (χ4n) is 4.45. The van der Waals surface area contributed by atoms with Gasteiger partial charge in [0.15, 0.2) is 0 Å². The van der Waals surface area contributed by atoms with E-state index in [4.69, 9.17) is 9.57 Å². The second kappa shape index (κ2) is 11.7. The lowest BCUT2D eigenvalue weighted by Gasteiger charge is -2.32. The summed E-state index contributed by atoms with van der Waals surface area (Å²) in [5.74, 6) is 0.842. The monoisotopic (exact) mass is 502 g/mol. The number of allylic oxidation sites excluding steroid dienone is 1. The van der Waals surface area contributed by atoms with E-state index in [1.807, 2.05) is 24.5 Å². The average molecular weight is 503 g/mol. The predicted octanol–water partition coefficient (Wildman–Crippen LogP) is 4.27. The number of rotatable bonds is 9. The molecule has 9 nitrogen and oxygen atoms in total. The van der Waals surface area contributed by atoms with Gasteiger partial charge in [-0.15, -0.1) is 0 Å². The number of anilines is 3. The highest BCUT2D eigenvalue weighted by atomic mass is 16.6. The topological polar surface area (TPSA) is 101 Å². The first kappa shape index (κ1) is 26.0. The number of ether oxygens (including phenoxy) is 1. The Kier molecular flexibility index (Phi) is 8.25. The average Bonchev–Trinajstić information content (AvgIpc) is 2.87. The van der Waals surface area contributed by atoms with Crippen molar-refractivity contribution in [2.24, 2.45) is 0 Å². The SMILES string of the molecule is CONC(=O)c1cc(CCc2cnc(Nc3ccc(N4C=C(C)N[C@@H](C)C4)c(C)c3)nc2)cc(OC)c1. The second-order valence-electron chi connectivity index (χ2n) is 9.26. The summed E-state index contributed by atoms with van der Waals surface area (Å²) >= 11 is 0. The molecule has 0 bridgehead atoms. The van der Waals surface area contributed by atoms with Crippen molar-refractivity contribution < 1.29 is 14.4 Å². The van der Waals surface area contributed by atoms with E-state index in [0.717, 1.165) is 35.5 Å². The number of carbonyl (C=O) groups is 1. The Morgan fingerprint density at radius 2 is 1.84 bits per heavy atom. The van der Waals surface area contributed by atoms with Gasteiger partial charge in [0.2, 0.25) is 5.95 Å². The molecule has 3 aromatic rings. The van der Waals surface area contributed by atoms with E-state index in [9.17, 15) is 4.79 Å². The Bertz CT molecular complexity index is 1280. The van der Waals surface area contributed by atoms with E-state index in [2.05, 4.69) is 76.2 Å². The Balaban J connectivity index is 1.38. The van der Waals surface area contributed by atoms with Gasteiger partial charge in [0.1, 0.15) is 5.75 Å². The molecule has 0 aliphatic carbocycles. The van der Waals surface area contributed by atoms with Crippen LogP contribution in [0.15, 0.2) is 60.7 Å². The molecule has 1 amide bonds. The smallest absolute Gasteiger partial charge is 0.274 e. The van der Waals surface area contributed by atoms with Crippen molar-refractivity contribution in [2.45, 2.75) is 39.7 Å². The van der Waals surface area contributed by atoms with Gasteiger partial charge in [-0.25, -0.2) is 15.4 Å². The maximum atomic E-state index is 12.1. The first-order chi connectivity index (χ1) is 17.8. The largest absolute Gasteiger partial charge is 0.497 e. The fraction of sp³-hybridized carbons (Fsp3) is 0.321. The standard InChI is InChI=1S/C28H34N6O3/c1-18-10-24(8-9-26(18)34-16-19(2)31-20(3)17-34)32-28-29-14-22(15-30-28)7-6-21-11-23(27(35)33-37-5)13-25(12-21)36-4/h8-16,20,31H,6-7,17H2,1-5H3,(H,33,35)(H,29,30,32)/t20-/m0/s1. The van der Waals surface area contributed by atoms with Crippen molar-refractivity contribution in [3.8, 4) is 5.75 Å². The molecule has 2 aromatic carbocycles. The lowest BCUT2D eigenvalue weighted by atomic mass is 10.0. The molecule has 0 unspecified atom stereocenters. The number of nitrogens with zero attached hydrogens (tertiary/aromatic N) is 3. The van der Waals surface area contributed by atoms with Crippen LogP contribution >= 0.6 is 0 Å². The number of hydroxylamine groups is 1. The van der Waals surface area contributed by atoms with Crippen molar-refractivity contribution in [1.29, 1.82) is 0 Å². The van der Waals surface area contributed by atoms with Gasteiger partial charge in [-0.05, 0) is 86.7 Å². The number of aromatic nitrogens is 2. The summed E-state index contributed by atoms with van der Waals surface area (Å²) in [5, 5.41) is 6.75. The Morgan fingerprint density at radius 1 is 1.08 bits per heavy atom. The van der Waals surface area contributed by atoms with Crippen LogP contribution in [0.4, 0.5) is 17.3 Å². The summed E-state index contributed by atoms with van der Waals surface area (Å²) in [6.45, 7) is 7.31. The molecule has 1 aromatic heterocycles. The molecule has 3 N–H and O–H groups in total. The predicted molar refractivity (Wildman–Crippen MR) is 145 cm³/mol. The first-order valence-corrected chi connectivity index (χ1v) is 12.3. The van der Waals surface area contributed by atoms with Crippen molar-refractivity contribution >= 4 is 23.2 Å². The molecule has 0 radical (unpaired) electrons. The van der Waals surface area contributed by atoms with Crippen LogP contribution in [-0.4, -0.2) is 42.7 Å². The van der Waals surface area contributed by atoms with E-state index in [-0.39, 0.29) is 5.91 Å². The van der Waals surface area contributed by atoms with Gasteiger partial charge >= 0.3 is 0 Å². The quantitative estimate of drug-likeness (QED) is 0.373. The van der Waals surface area contributed by atoms with E-state index in [0.29, 0.717) is 29.7 Å². The molecule has 0 spiro atoms. The van der Waals surface area contributed by atoms with E-state index < -0.39 is 0 Å². The second-order valence-corrected chi connectivity index (χ2v) is 9.26. The lowest BCUT2D eigenvalue weighted by Crippen LogP contribution is -2.41. The lowest BCUT2D eigenvalue weighted by molar-refractivity contribution is 0.0537. The Hall–Kier alpha value is -4.11. The van der Waals surface area contributed by atoms with Crippen LogP contribution in [0.25, 0.3) is 0 Å². The van der Waals surface area contributed by atoms with Gasteiger partial charge in [-0.2, -0.15) is 0 Å². The van der Waals surface area contributed by atoms with Crippen LogP contribution in [0.3, 0.4) is 0 Å². The molecule has 9 heteroatoms. The fourth-order valence-corrected chi connectivity index (χ4v) is 4.45. The highest BCUT2D eigenvalue weighted by molar-refractivity contribution is 5.94. The number of nitrogens with one attached hydrogen (secondary N) is 3. The van der Waals surface area contributed by atoms with Gasteiger partial charge in [-0.3, -0.25) is 9.63 Å². The summed E-state index contributed by atoms with van der Waals surface area (Å²) < 4.78 is 5.35. The summed E-state index contributed by atoms with van der Waals surface area (Å²) in [7, 11) is 2.98. The van der Waals surface area contributed by atoms with Crippen molar-refractivity contribution in [3.63, 3.8) is 0 Å². The third kappa shape index (κ3) is 6.77. The van der Waals surface area contributed by atoms with Crippen LogP contribution in [0.1, 0.15) is 40.9 Å². The maximum absolute atomic E-state index is 12.1. The minimum absolute atomic E-state index is 0.321. The van der Waals surface area contributed by atoms with Crippen molar-refractivity contribution in [3.05, 3.63) is 82.9 Å². The molecule has 0 fully saturated rings. The summed E-state index contributed by atoms with van der Waals surface area (Å²) in [4.78, 5) is 28.2. The third-order valence-electron chi connectivity index (χ3n) is 6.12. The molecule has 194 valence electrons. The molecule has 2 heterocycles. The van der Waals surface area contributed by atoms with Gasteiger partial charge in [0, 0.05) is 53.8 Å². The van der Waals surface area contributed by atoms with Gasteiger partial charge in [-0.1, -0.05) is 0 Å². The molecular formula is C28H34N6O3. The molecule has 1 atom stereocenters. The van der Waals surface area contributed by atoms with Crippen LogP contribution in [0.2, 0.25) is 0 Å². The zero-order valence-electron chi connectivity index (χ0n) is 22.0. The number of hydrogen-bond acceptors (Lipinski definition) is 8. The van der Waals surface area contributed by atoms with Crippen LogP contribution in [0, 0.1) is 6.92 Å². The maximum Gasteiger partial charge on any atom is 0.274 e. The molecule has 4 rings (SSSR count). The first-order valence-electron chi connectivity index (χ1n) is 12.3. The van der Waals surface area contributed by atoms with Crippen LogP contribution < -0.4 is 25.8 Å². The Labute approximate surface area is 217 Å². The highest BCUT2D eigenvalue weighted by Gasteiger charge is 2.16. The number of aryl methyl sites for hydroxylation is 3. The minimum atomic E-state index is -0.321. The number of hydrogen-bond donors (Lipinski definition) is 3. The van der Waals surface area contributed by atoms with Gasteiger partial charge in [0.25, 0.3) is 5.91 Å². The van der Waals surface area contributed by atoms with Gasteiger partial charge in [0.05, 0.1) is 14.2 Å². The van der Waals surface area contributed by atoms with Crippen molar-refractivity contribution in [1.82, 2.24) is 20.8 Å². The number of amides is 1. The Morgan fingerprint density at radius 3 is 2.51 bits per heavy atom. The number of methoxy groups -OCH3 is 1. The van der Waals surface area contributed by atoms with Crippen molar-refractivity contribution in [2.75, 3.05) is 31.0 Å². The molecular weight excluding hydrogens is 468 g/mol. The highest BCUT2D eigenvalue weighted by Crippen LogP contribution is 2.27. The normalized spacial score (nSPS) is 15.0. The number of carbonyl (C=O) groups excluding carboxylic acids is 1. The molecule has 0 saturated heterocycles. The van der Waals surface area contributed by atoms with Gasteiger partial charge < -0.3 is 20.3 Å². The number of benzene rings is 2. The zero-order valence-corrected chi connectivity index (χ0v) is 22.0. The summed E-state index contributed by atoms with van der Waals surface area (Å²) in [6, 6.07) is 12.1. The zero-order chi connectivity index (χ0) is 26.4. The van der Waals surface area contributed by atoms with E-state index in [1.54, 1.807) is 13.2 Å². The van der Waals surface area contributed by atoms with Crippen LogP contribution in [-0.2, 0) is 17.7 Å². The summed E-state index contributed by atoms with van der Waals surface area (Å²) in [5.41, 5.74) is 9.26. The summed E-state index contributed by atoms with van der Waals surface area (Å²) in [6.07, 6.45) is 7.23. The van der Waals surface area contributed by atoms with E-state index >= 15 is 0 Å². The minimum Gasteiger partial charge on any atom is -0.497 e. The van der Waals surface area contributed by atoms with E-state index in [1.165, 1.54) is 18.4 Å². The third-order valence-corrected chi connectivity index (χ3v) is 6.12. The molecule has 37 heavy (non-hydrogen) atoms.